The Hall–Kier alpha value is -3.56. The third-order valence-electron chi connectivity index (χ3n) is 7.54. The van der Waals surface area contributed by atoms with Crippen LogP contribution in [0, 0.1) is 5.41 Å². The summed E-state index contributed by atoms with van der Waals surface area (Å²) in [5.74, 6) is 1.47. The van der Waals surface area contributed by atoms with Crippen molar-refractivity contribution in [2.75, 3.05) is 25.2 Å². The molecule has 5 rings (SSSR count). The molecule has 3 aromatic rings. The predicted molar refractivity (Wildman–Crippen MR) is 138 cm³/mol. The molecule has 9 nitrogen and oxygen atoms in total. The Labute approximate surface area is 216 Å². The number of benzene rings is 1. The van der Waals surface area contributed by atoms with Gasteiger partial charge in [0, 0.05) is 18.0 Å². The first-order valence-electron chi connectivity index (χ1n) is 12.9. The van der Waals surface area contributed by atoms with E-state index in [1.54, 1.807) is 30.6 Å². The molecule has 10 heteroatoms. The van der Waals surface area contributed by atoms with Crippen LogP contribution in [0.3, 0.4) is 0 Å². The van der Waals surface area contributed by atoms with Crippen LogP contribution in [0.4, 0.5) is 10.2 Å². The molecular weight excluding hydrogens is 475 g/mol. The third kappa shape index (κ3) is 5.01. The van der Waals surface area contributed by atoms with Crippen molar-refractivity contribution < 1.29 is 19.0 Å². The van der Waals surface area contributed by atoms with Crippen molar-refractivity contribution >= 4 is 5.82 Å². The normalized spacial score (nSPS) is 23.4. The van der Waals surface area contributed by atoms with E-state index < -0.39 is 6.17 Å². The maximum absolute atomic E-state index is 15.8. The zero-order valence-electron chi connectivity index (χ0n) is 21.5. The Morgan fingerprint density at radius 3 is 2.65 bits per heavy atom. The van der Waals surface area contributed by atoms with Crippen LogP contribution in [0.2, 0.25) is 0 Å². The fourth-order valence-corrected chi connectivity index (χ4v) is 5.43. The van der Waals surface area contributed by atoms with Gasteiger partial charge in [-0.25, -0.2) is 19.3 Å². The Morgan fingerprint density at radius 1 is 1.11 bits per heavy atom. The van der Waals surface area contributed by atoms with Crippen LogP contribution in [-0.2, 0) is 0 Å². The van der Waals surface area contributed by atoms with Gasteiger partial charge < -0.3 is 19.5 Å². The van der Waals surface area contributed by atoms with E-state index in [1.807, 2.05) is 11.9 Å². The number of ether oxygens (including phenoxy) is 2. The second kappa shape index (κ2) is 10.4. The van der Waals surface area contributed by atoms with Crippen molar-refractivity contribution in [3.8, 4) is 40.2 Å². The Kier molecular flexibility index (Phi) is 7.08. The van der Waals surface area contributed by atoms with Gasteiger partial charge in [0.1, 0.15) is 25.1 Å². The number of phenols is 1. The molecule has 0 radical (unpaired) electrons. The summed E-state index contributed by atoms with van der Waals surface area (Å²) in [6, 6.07) is 4.81. The minimum absolute atomic E-state index is 0.0139. The average molecular weight is 509 g/mol. The highest BCUT2D eigenvalue weighted by molar-refractivity contribution is 5.71. The molecule has 196 valence electrons. The number of hydrogen-bond donors (Lipinski definition) is 1. The number of anilines is 1. The first-order valence-corrected chi connectivity index (χ1v) is 12.9. The standard InChI is InChI=1S/C27H33FN6O3/c1-4-10-27(2)11-6-5-7-20(23(27)28)34(3)22-16-29-24(33-32-22)18-9-8-17(14-21(18)35)19-15-30-25-26(31-19)37-13-12-36-25/h8-9,14-16,20,23,35H,4-7,10-13H2,1-3H3/t20-,23-,27+/m0/s1. The van der Waals surface area contributed by atoms with E-state index in [0.29, 0.717) is 47.6 Å². The number of fused-ring (bicyclic) bond motifs is 1. The molecule has 0 bridgehead atoms. The van der Waals surface area contributed by atoms with Crippen LogP contribution >= 0.6 is 0 Å². The molecule has 1 fully saturated rings. The van der Waals surface area contributed by atoms with Crippen molar-refractivity contribution in [3.05, 3.63) is 30.6 Å². The highest BCUT2D eigenvalue weighted by atomic mass is 19.1. The largest absolute Gasteiger partial charge is 0.507 e. The smallest absolute Gasteiger partial charge is 0.278 e. The lowest BCUT2D eigenvalue weighted by Crippen LogP contribution is -2.46. The summed E-state index contributed by atoms with van der Waals surface area (Å²) in [7, 11) is 1.86. The Bertz CT molecular complexity index is 1240. The van der Waals surface area contributed by atoms with Crippen LogP contribution in [0.5, 0.6) is 17.5 Å². The van der Waals surface area contributed by atoms with Gasteiger partial charge in [0.25, 0.3) is 11.8 Å². The van der Waals surface area contributed by atoms with Gasteiger partial charge in [0.05, 0.1) is 29.7 Å². The second-order valence-corrected chi connectivity index (χ2v) is 10.2. The summed E-state index contributed by atoms with van der Waals surface area (Å²) in [6.45, 7) is 5.03. The lowest BCUT2D eigenvalue weighted by Gasteiger charge is -2.39. The zero-order chi connectivity index (χ0) is 26.0. The molecule has 37 heavy (non-hydrogen) atoms. The van der Waals surface area contributed by atoms with Crippen LogP contribution in [0.1, 0.15) is 52.4 Å². The molecule has 1 saturated carbocycles. The number of hydrogen-bond acceptors (Lipinski definition) is 9. The molecule has 0 saturated heterocycles. The van der Waals surface area contributed by atoms with Crippen LogP contribution in [0.15, 0.2) is 30.6 Å². The lowest BCUT2D eigenvalue weighted by atomic mass is 9.76. The maximum Gasteiger partial charge on any atom is 0.278 e. The van der Waals surface area contributed by atoms with Gasteiger partial charge in [-0.3, -0.25) is 0 Å². The van der Waals surface area contributed by atoms with Crippen molar-refractivity contribution in [1.82, 2.24) is 25.1 Å². The van der Waals surface area contributed by atoms with E-state index in [-0.39, 0.29) is 23.0 Å². The molecule has 2 aromatic heterocycles. The van der Waals surface area contributed by atoms with E-state index in [1.165, 1.54) is 0 Å². The van der Waals surface area contributed by atoms with Gasteiger partial charge in [-0.05, 0) is 31.4 Å². The molecule has 0 spiro atoms. The van der Waals surface area contributed by atoms with Crippen LogP contribution in [0.25, 0.3) is 22.6 Å². The summed E-state index contributed by atoms with van der Waals surface area (Å²) >= 11 is 0. The lowest BCUT2D eigenvalue weighted by molar-refractivity contribution is 0.0868. The average Bonchev–Trinajstić information content (AvgIpc) is 3.06. The van der Waals surface area contributed by atoms with Gasteiger partial charge in [-0.2, -0.15) is 0 Å². The highest BCUT2D eigenvalue weighted by Gasteiger charge is 2.42. The molecule has 1 aliphatic carbocycles. The van der Waals surface area contributed by atoms with E-state index >= 15 is 4.39 Å². The highest BCUT2D eigenvalue weighted by Crippen LogP contribution is 2.42. The molecule has 3 heterocycles. The molecule has 0 unspecified atom stereocenters. The number of alkyl halides is 1. The minimum atomic E-state index is -0.957. The monoisotopic (exact) mass is 508 g/mol. The molecule has 2 aliphatic rings. The number of phenolic OH excluding ortho intramolecular Hbond substituents is 1. The molecule has 0 amide bonds. The summed E-state index contributed by atoms with van der Waals surface area (Å²) < 4.78 is 26.7. The maximum atomic E-state index is 15.8. The van der Waals surface area contributed by atoms with Gasteiger partial charge in [0.15, 0.2) is 11.6 Å². The SMILES string of the molecule is CCC[C@]1(C)CCCC[C@H](N(C)c2cnc(-c3ccc(-c4cnc5c(n4)OCCO5)cc3O)nn2)[C@@H]1F. The molecule has 1 aliphatic heterocycles. The molecule has 1 N–H and O–H groups in total. The number of aromatic nitrogens is 5. The number of aromatic hydroxyl groups is 1. The number of nitrogens with zero attached hydrogens (tertiary/aromatic N) is 6. The van der Waals surface area contributed by atoms with E-state index in [4.69, 9.17) is 9.47 Å². The Morgan fingerprint density at radius 2 is 1.92 bits per heavy atom. The van der Waals surface area contributed by atoms with Gasteiger partial charge in [-0.1, -0.05) is 39.2 Å². The molecule has 1 aromatic carbocycles. The summed E-state index contributed by atoms with van der Waals surface area (Å²) in [5, 5.41) is 19.3. The third-order valence-corrected chi connectivity index (χ3v) is 7.54. The predicted octanol–water partition coefficient (Wildman–Crippen LogP) is 5.00. The van der Waals surface area contributed by atoms with E-state index in [2.05, 4.69) is 39.0 Å². The van der Waals surface area contributed by atoms with Crippen LogP contribution < -0.4 is 14.4 Å². The molecule has 3 atom stereocenters. The Balaban J connectivity index is 1.34. The topological polar surface area (TPSA) is 106 Å². The fourth-order valence-electron chi connectivity index (χ4n) is 5.43. The first kappa shape index (κ1) is 25.1. The molecular formula is C27H33FN6O3. The second-order valence-electron chi connectivity index (χ2n) is 10.2. The summed E-state index contributed by atoms with van der Waals surface area (Å²) in [5.41, 5.74) is 1.30. The first-order chi connectivity index (χ1) is 17.9. The van der Waals surface area contributed by atoms with E-state index in [0.717, 1.165) is 38.5 Å². The number of halogens is 1. The number of rotatable bonds is 6. The summed E-state index contributed by atoms with van der Waals surface area (Å²) in [6.07, 6.45) is 7.74. The van der Waals surface area contributed by atoms with Gasteiger partial charge in [-0.15, -0.1) is 10.2 Å². The van der Waals surface area contributed by atoms with Crippen molar-refractivity contribution in [2.45, 2.75) is 64.6 Å². The van der Waals surface area contributed by atoms with Crippen molar-refractivity contribution in [3.63, 3.8) is 0 Å². The minimum Gasteiger partial charge on any atom is -0.507 e. The zero-order valence-corrected chi connectivity index (χ0v) is 21.5. The van der Waals surface area contributed by atoms with Gasteiger partial charge >= 0.3 is 0 Å². The van der Waals surface area contributed by atoms with E-state index in [9.17, 15) is 5.11 Å². The quantitative estimate of drug-likeness (QED) is 0.461. The fraction of sp³-hybridized carbons (Fsp3) is 0.519. The van der Waals surface area contributed by atoms with Crippen molar-refractivity contribution in [2.24, 2.45) is 5.41 Å². The summed E-state index contributed by atoms with van der Waals surface area (Å²) in [4.78, 5) is 15.0. The van der Waals surface area contributed by atoms with Crippen LogP contribution in [-0.4, -0.2) is 62.7 Å². The van der Waals surface area contributed by atoms with Gasteiger partial charge in [0.2, 0.25) is 0 Å². The van der Waals surface area contributed by atoms with Crippen molar-refractivity contribution in [1.29, 1.82) is 0 Å².